The Morgan fingerprint density at radius 2 is 1.86 bits per heavy atom. The van der Waals surface area contributed by atoms with Gasteiger partial charge in [0.05, 0.1) is 0 Å². The van der Waals surface area contributed by atoms with Crippen LogP contribution in [0, 0.1) is 0 Å². The summed E-state index contributed by atoms with van der Waals surface area (Å²) in [6.45, 7) is 0. The molecule has 1 saturated carbocycles. The highest BCUT2D eigenvalue weighted by atomic mass is 127. The van der Waals surface area contributed by atoms with Crippen molar-refractivity contribution in [1.82, 2.24) is 0 Å². The average Bonchev–Trinajstić information content (AvgIpc) is 2.14. The van der Waals surface area contributed by atoms with Crippen LogP contribution in [0.3, 0.4) is 0 Å². The lowest BCUT2D eigenvalue weighted by Crippen LogP contribution is -1.87. The Balaban J connectivity index is 2.14. The molecule has 0 bridgehead atoms. The summed E-state index contributed by atoms with van der Waals surface area (Å²) >= 11 is 2.36. The molecular formula is C5H9BI. The van der Waals surface area contributed by atoms with Crippen LogP contribution in [0.25, 0.3) is 0 Å². The summed E-state index contributed by atoms with van der Waals surface area (Å²) in [5.74, 6) is 0.959. The summed E-state index contributed by atoms with van der Waals surface area (Å²) < 4.78 is 0. The van der Waals surface area contributed by atoms with Gasteiger partial charge in [0.15, 0.2) is 0 Å². The van der Waals surface area contributed by atoms with Gasteiger partial charge in [0.2, 0.25) is 5.14 Å². The lowest BCUT2D eigenvalue weighted by atomic mass is 9.86. The van der Waals surface area contributed by atoms with E-state index in [1.807, 2.05) is 0 Å². The van der Waals surface area contributed by atoms with Crippen LogP contribution in [0.4, 0.5) is 0 Å². The van der Waals surface area contributed by atoms with E-state index in [-0.39, 0.29) is 0 Å². The van der Waals surface area contributed by atoms with Gasteiger partial charge in [0, 0.05) is 0 Å². The van der Waals surface area contributed by atoms with Crippen LogP contribution in [0.15, 0.2) is 0 Å². The zero-order valence-electron chi connectivity index (χ0n) is 4.36. The van der Waals surface area contributed by atoms with Crippen molar-refractivity contribution in [2.75, 3.05) is 0 Å². The van der Waals surface area contributed by atoms with Crippen molar-refractivity contribution in [1.29, 1.82) is 0 Å². The molecule has 39 valence electrons. The smallest absolute Gasteiger partial charge is 0.158 e. The Labute approximate surface area is 59.2 Å². The molecule has 0 aromatic carbocycles. The molecule has 0 atom stereocenters. The van der Waals surface area contributed by atoms with Crippen LogP contribution < -0.4 is 0 Å². The molecule has 0 aliphatic heterocycles. The van der Waals surface area contributed by atoms with Crippen LogP contribution in [-0.4, -0.2) is 5.14 Å². The van der Waals surface area contributed by atoms with Crippen molar-refractivity contribution in [3.05, 3.63) is 0 Å². The van der Waals surface area contributed by atoms with Gasteiger partial charge in [-0.25, -0.2) is 0 Å². The fraction of sp³-hybridized carbons (Fsp3) is 1.00. The van der Waals surface area contributed by atoms with E-state index in [2.05, 4.69) is 27.5 Å². The third kappa shape index (κ3) is 1.63. The first-order chi connectivity index (χ1) is 3.43. The molecule has 0 N–H and O–H groups in total. The van der Waals surface area contributed by atoms with Crippen molar-refractivity contribution >= 4 is 27.5 Å². The van der Waals surface area contributed by atoms with Gasteiger partial charge in [-0.15, -0.1) is 0 Å². The molecule has 0 saturated heterocycles. The zero-order chi connectivity index (χ0) is 5.11. The molecule has 7 heavy (non-hydrogen) atoms. The van der Waals surface area contributed by atoms with Crippen LogP contribution in [0.5, 0.6) is 0 Å². The van der Waals surface area contributed by atoms with Crippen LogP contribution in [-0.2, 0) is 0 Å². The Morgan fingerprint density at radius 1 is 1.29 bits per heavy atom. The van der Waals surface area contributed by atoms with Crippen molar-refractivity contribution < 1.29 is 0 Å². The van der Waals surface area contributed by atoms with Crippen molar-refractivity contribution in [3.8, 4) is 0 Å². The fourth-order valence-electron chi connectivity index (χ4n) is 1.08. The largest absolute Gasteiger partial charge is 0.203 e. The molecular weight excluding hydrogens is 198 g/mol. The molecule has 0 unspecified atom stereocenters. The van der Waals surface area contributed by atoms with E-state index >= 15 is 0 Å². The van der Waals surface area contributed by atoms with Gasteiger partial charge in [0.25, 0.3) is 0 Å². The molecule has 1 aliphatic carbocycles. The zero-order valence-corrected chi connectivity index (χ0v) is 6.52. The summed E-state index contributed by atoms with van der Waals surface area (Å²) in [5, 5.41) is 2.31. The van der Waals surface area contributed by atoms with Gasteiger partial charge in [0.1, 0.15) is 0 Å². The molecule has 1 aliphatic rings. The second kappa shape index (κ2) is 2.95. The summed E-state index contributed by atoms with van der Waals surface area (Å²) in [5.41, 5.74) is 0. The first-order valence-electron chi connectivity index (χ1n) is 2.87. The predicted molar refractivity (Wildman–Crippen MR) is 42.0 cm³/mol. The Kier molecular flexibility index (Phi) is 2.50. The van der Waals surface area contributed by atoms with Gasteiger partial charge in [-0.3, -0.25) is 0 Å². The third-order valence-corrected chi connectivity index (χ3v) is 2.60. The number of rotatable bonds is 1. The number of hydrogen-bond donors (Lipinski definition) is 0. The Bertz CT molecular complexity index is 50.0. The molecule has 0 nitrogen and oxygen atoms in total. The third-order valence-electron chi connectivity index (χ3n) is 1.58. The maximum absolute atomic E-state index is 2.36. The lowest BCUT2D eigenvalue weighted by Gasteiger charge is -1.96. The highest BCUT2D eigenvalue weighted by Crippen LogP contribution is 2.30. The predicted octanol–water partition coefficient (Wildman–Crippen LogP) is 2.40. The average molecular weight is 207 g/mol. The van der Waals surface area contributed by atoms with Crippen LogP contribution >= 0.6 is 22.4 Å². The monoisotopic (exact) mass is 207 g/mol. The lowest BCUT2D eigenvalue weighted by molar-refractivity contribution is 0.878. The van der Waals surface area contributed by atoms with Gasteiger partial charge in [-0.1, -0.05) is 31.5 Å². The molecule has 0 amide bonds. The van der Waals surface area contributed by atoms with Crippen LogP contribution in [0.2, 0.25) is 5.82 Å². The van der Waals surface area contributed by atoms with E-state index in [1.54, 1.807) is 0 Å². The number of hydrogen-bond acceptors (Lipinski definition) is 0. The highest BCUT2D eigenvalue weighted by Gasteiger charge is 2.13. The van der Waals surface area contributed by atoms with E-state index in [0.29, 0.717) is 0 Å². The SMILES string of the molecule is I[B]C1CCCC1. The minimum absolute atomic E-state index is 0.959. The molecule has 1 fully saturated rings. The van der Waals surface area contributed by atoms with Gasteiger partial charge in [-0.2, -0.15) is 22.4 Å². The second-order valence-corrected chi connectivity index (χ2v) is 2.89. The van der Waals surface area contributed by atoms with Crippen molar-refractivity contribution in [2.45, 2.75) is 31.5 Å². The molecule has 0 heterocycles. The van der Waals surface area contributed by atoms with E-state index in [0.717, 1.165) is 5.82 Å². The quantitative estimate of drug-likeness (QED) is 0.457. The van der Waals surface area contributed by atoms with Gasteiger partial charge in [-0.05, 0) is 0 Å². The van der Waals surface area contributed by atoms with E-state index in [4.69, 9.17) is 0 Å². The van der Waals surface area contributed by atoms with Crippen molar-refractivity contribution in [3.63, 3.8) is 0 Å². The summed E-state index contributed by atoms with van der Waals surface area (Å²) in [7, 11) is 0. The maximum atomic E-state index is 2.36. The summed E-state index contributed by atoms with van der Waals surface area (Å²) in [6.07, 6.45) is 5.82. The fourth-order valence-corrected chi connectivity index (χ4v) is 1.80. The van der Waals surface area contributed by atoms with E-state index in [9.17, 15) is 0 Å². The van der Waals surface area contributed by atoms with Crippen LogP contribution in [0.1, 0.15) is 25.7 Å². The second-order valence-electron chi connectivity index (χ2n) is 2.17. The Morgan fingerprint density at radius 3 is 2.14 bits per heavy atom. The summed E-state index contributed by atoms with van der Waals surface area (Å²) in [4.78, 5) is 0. The topological polar surface area (TPSA) is 0 Å². The summed E-state index contributed by atoms with van der Waals surface area (Å²) in [6, 6.07) is 0. The maximum Gasteiger partial charge on any atom is 0.203 e. The first-order valence-corrected chi connectivity index (χ1v) is 4.11. The highest BCUT2D eigenvalue weighted by molar-refractivity contribution is 14.1. The molecule has 2 heteroatoms. The van der Waals surface area contributed by atoms with E-state index < -0.39 is 0 Å². The minimum Gasteiger partial charge on any atom is -0.158 e. The van der Waals surface area contributed by atoms with Crippen molar-refractivity contribution in [2.24, 2.45) is 0 Å². The Hall–Kier alpha value is 0.795. The molecule has 1 rings (SSSR count). The van der Waals surface area contributed by atoms with E-state index in [1.165, 1.54) is 25.7 Å². The normalized spacial score (nSPS) is 23.0. The molecule has 0 spiro atoms. The van der Waals surface area contributed by atoms with Gasteiger partial charge >= 0.3 is 0 Å². The molecule has 1 radical (unpaired) electrons. The van der Waals surface area contributed by atoms with Gasteiger partial charge < -0.3 is 0 Å². The number of halogens is 1. The standard InChI is InChI=1S/C5H9BI/c7-6-5-3-1-2-4-5/h5H,1-4H2. The molecule has 0 aromatic heterocycles. The molecule has 0 aromatic rings. The minimum atomic E-state index is 0.959. The first kappa shape index (κ1) is 5.92.